The second-order valence-electron chi connectivity index (χ2n) is 2.89. The SMILES string of the molecule is C[C@@H](Cl)C(=O)N(C)Cc1ccco1. The number of furan rings is 1. The number of carbonyl (C=O) groups excluding carboxylic acids is 1. The summed E-state index contributed by atoms with van der Waals surface area (Å²) in [5.74, 6) is 0.659. The number of rotatable bonds is 3. The summed E-state index contributed by atoms with van der Waals surface area (Å²) in [5, 5.41) is -0.486. The maximum atomic E-state index is 11.3. The van der Waals surface area contributed by atoms with Crippen LogP contribution in [0.1, 0.15) is 12.7 Å². The molecule has 4 heteroatoms. The quantitative estimate of drug-likeness (QED) is 0.700. The predicted molar refractivity (Wildman–Crippen MR) is 50.5 cm³/mol. The lowest BCUT2D eigenvalue weighted by Crippen LogP contribution is -2.31. The van der Waals surface area contributed by atoms with Crippen molar-refractivity contribution in [3.63, 3.8) is 0 Å². The maximum absolute atomic E-state index is 11.3. The third-order valence-corrected chi connectivity index (χ3v) is 1.88. The maximum Gasteiger partial charge on any atom is 0.240 e. The van der Waals surface area contributed by atoms with Crippen LogP contribution in [0.2, 0.25) is 0 Å². The highest BCUT2D eigenvalue weighted by Gasteiger charge is 2.15. The van der Waals surface area contributed by atoms with Crippen molar-refractivity contribution in [2.75, 3.05) is 7.05 Å². The Morgan fingerprint density at radius 1 is 1.77 bits per heavy atom. The summed E-state index contributed by atoms with van der Waals surface area (Å²) in [6.45, 7) is 2.12. The zero-order chi connectivity index (χ0) is 9.84. The average Bonchev–Trinajstić information content (AvgIpc) is 2.55. The lowest BCUT2D eigenvalue weighted by molar-refractivity contribution is -0.129. The topological polar surface area (TPSA) is 33.5 Å². The van der Waals surface area contributed by atoms with Crippen molar-refractivity contribution in [3.8, 4) is 0 Å². The van der Waals surface area contributed by atoms with E-state index in [0.29, 0.717) is 6.54 Å². The lowest BCUT2D eigenvalue weighted by Gasteiger charge is -2.16. The minimum Gasteiger partial charge on any atom is -0.467 e. The van der Waals surface area contributed by atoms with Gasteiger partial charge < -0.3 is 9.32 Å². The molecule has 1 rings (SSSR count). The van der Waals surface area contributed by atoms with Crippen LogP contribution in [-0.2, 0) is 11.3 Å². The van der Waals surface area contributed by atoms with E-state index < -0.39 is 5.38 Å². The zero-order valence-electron chi connectivity index (χ0n) is 7.66. The molecule has 0 N–H and O–H groups in total. The Morgan fingerprint density at radius 3 is 2.92 bits per heavy atom. The first-order chi connectivity index (χ1) is 6.11. The van der Waals surface area contributed by atoms with Crippen molar-refractivity contribution in [2.24, 2.45) is 0 Å². The van der Waals surface area contributed by atoms with Gasteiger partial charge >= 0.3 is 0 Å². The summed E-state index contributed by atoms with van der Waals surface area (Å²) in [7, 11) is 1.70. The molecular weight excluding hydrogens is 190 g/mol. The first kappa shape index (κ1) is 10.1. The zero-order valence-corrected chi connectivity index (χ0v) is 8.41. The number of amides is 1. The monoisotopic (exact) mass is 201 g/mol. The Hall–Kier alpha value is -0.960. The van der Waals surface area contributed by atoms with Crippen molar-refractivity contribution < 1.29 is 9.21 Å². The molecule has 0 fully saturated rings. The standard InChI is InChI=1S/C9H12ClNO2/c1-7(10)9(12)11(2)6-8-4-3-5-13-8/h3-5,7H,6H2,1-2H3/t7-/m1/s1. The van der Waals surface area contributed by atoms with Gasteiger partial charge in [0.15, 0.2) is 0 Å². The fraction of sp³-hybridized carbons (Fsp3) is 0.444. The van der Waals surface area contributed by atoms with E-state index >= 15 is 0 Å². The van der Waals surface area contributed by atoms with E-state index in [2.05, 4.69) is 0 Å². The number of carbonyl (C=O) groups is 1. The minimum atomic E-state index is -0.486. The van der Waals surface area contributed by atoms with Crippen molar-refractivity contribution in [3.05, 3.63) is 24.2 Å². The first-order valence-electron chi connectivity index (χ1n) is 4.02. The van der Waals surface area contributed by atoms with Gasteiger partial charge in [0.25, 0.3) is 0 Å². The summed E-state index contributed by atoms with van der Waals surface area (Å²) in [5.41, 5.74) is 0. The molecule has 72 valence electrons. The van der Waals surface area contributed by atoms with Gasteiger partial charge in [0.2, 0.25) is 5.91 Å². The summed E-state index contributed by atoms with van der Waals surface area (Å²) >= 11 is 5.64. The van der Waals surface area contributed by atoms with Crippen molar-refractivity contribution in [1.29, 1.82) is 0 Å². The molecule has 0 aliphatic rings. The average molecular weight is 202 g/mol. The van der Waals surface area contributed by atoms with Gasteiger partial charge in [0, 0.05) is 7.05 Å². The fourth-order valence-corrected chi connectivity index (χ4v) is 1.18. The molecule has 0 saturated carbocycles. The van der Waals surface area contributed by atoms with Crippen LogP contribution in [0.25, 0.3) is 0 Å². The van der Waals surface area contributed by atoms with Crippen LogP contribution in [0.5, 0.6) is 0 Å². The molecule has 0 saturated heterocycles. The van der Waals surface area contributed by atoms with E-state index in [9.17, 15) is 4.79 Å². The van der Waals surface area contributed by atoms with Gasteiger partial charge in [-0.3, -0.25) is 4.79 Å². The largest absolute Gasteiger partial charge is 0.467 e. The molecule has 0 spiro atoms. The van der Waals surface area contributed by atoms with E-state index in [4.69, 9.17) is 16.0 Å². The van der Waals surface area contributed by atoms with Crippen LogP contribution in [0.4, 0.5) is 0 Å². The van der Waals surface area contributed by atoms with E-state index in [1.807, 2.05) is 6.07 Å². The Bertz CT molecular complexity index is 269. The summed E-state index contributed by atoms with van der Waals surface area (Å²) in [6.07, 6.45) is 1.58. The van der Waals surface area contributed by atoms with Crippen molar-refractivity contribution in [1.82, 2.24) is 4.90 Å². The van der Waals surface area contributed by atoms with Gasteiger partial charge in [0.05, 0.1) is 12.8 Å². The molecule has 1 aromatic heterocycles. The molecule has 0 unspecified atom stereocenters. The number of hydrogen-bond acceptors (Lipinski definition) is 2. The van der Waals surface area contributed by atoms with Crippen LogP contribution in [0, 0.1) is 0 Å². The summed E-state index contributed by atoms with van der Waals surface area (Å²) in [6, 6.07) is 3.61. The van der Waals surface area contributed by atoms with E-state index in [1.165, 1.54) is 4.90 Å². The normalized spacial score (nSPS) is 12.5. The predicted octanol–water partition coefficient (Wildman–Crippen LogP) is 1.87. The second-order valence-corrected chi connectivity index (χ2v) is 3.54. The van der Waals surface area contributed by atoms with Crippen molar-refractivity contribution >= 4 is 17.5 Å². The molecule has 0 aromatic carbocycles. The van der Waals surface area contributed by atoms with Crippen LogP contribution < -0.4 is 0 Å². The molecule has 3 nitrogen and oxygen atoms in total. The minimum absolute atomic E-state index is 0.0990. The molecule has 1 aromatic rings. The van der Waals surface area contributed by atoms with Crippen LogP contribution in [-0.4, -0.2) is 23.2 Å². The van der Waals surface area contributed by atoms with E-state index in [-0.39, 0.29) is 5.91 Å². The van der Waals surface area contributed by atoms with Crippen LogP contribution >= 0.6 is 11.6 Å². The smallest absolute Gasteiger partial charge is 0.240 e. The third kappa shape index (κ3) is 2.77. The first-order valence-corrected chi connectivity index (χ1v) is 4.46. The molecule has 13 heavy (non-hydrogen) atoms. The van der Waals surface area contributed by atoms with E-state index in [1.54, 1.807) is 26.3 Å². The van der Waals surface area contributed by atoms with Gasteiger partial charge in [-0.25, -0.2) is 0 Å². The van der Waals surface area contributed by atoms with Crippen molar-refractivity contribution in [2.45, 2.75) is 18.8 Å². The van der Waals surface area contributed by atoms with Crippen LogP contribution in [0.15, 0.2) is 22.8 Å². The van der Waals surface area contributed by atoms with Gasteiger partial charge in [-0.05, 0) is 19.1 Å². The Kier molecular flexibility index (Phi) is 3.37. The number of hydrogen-bond donors (Lipinski definition) is 0. The fourth-order valence-electron chi connectivity index (χ4n) is 1.02. The van der Waals surface area contributed by atoms with Gasteiger partial charge in [-0.1, -0.05) is 0 Å². The van der Waals surface area contributed by atoms with Gasteiger partial charge in [0.1, 0.15) is 11.1 Å². The molecule has 0 aliphatic carbocycles. The highest BCUT2D eigenvalue weighted by Crippen LogP contribution is 2.06. The molecule has 0 aliphatic heterocycles. The Labute approximate surface area is 82.3 Å². The highest BCUT2D eigenvalue weighted by atomic mass is 35.5. The van der Waals surface area contributed by atoms with Gasteiger partial charge in [-0.15, -0.1) is 11.6 Å². The Balaban J connectivity index is 2.51. The summed E-state index contributed by atoms with van der Waals surface area (Å²) in [4.78, 5) is 12.9. The Morgan fingerprint density at radius 2 is 2.46 bits per heavy atom. The van der Waals surface area contributed by atoms with Gasteiger partial charge in [-0.2, -0.15) is 0 Å². The number of halogens is 1. The second kappa shape index (κ2) is 4.33. The highest BCUT2D eigenvalue weighted by molar-refractivity contribution is 6.30. The molecule has 0 bridgehead atoms. The molecule has 0 radical (unpaired) electrons. The van der Waals surface area contributed by atoms with Crippen LogP contribution in [0.3, 0.4) is 0 Å². The molecule has 1 heterocycles. The number of nitrogens with zero attached hydrogens (tertiary/aromatic N) is 1. The summed E-state index contributed by atoms with van der Waals surface area (Å²) < 4.78 is 5.10. The lowest BCUT2D eigenvalue weighted by atomic mass is 10.3. The molecular formula is C9H12ClNO2. The molecule has 1 atom stereocenters. The number of alkyl halides is 1. The molecule has 1 amide bonds. The third-order valence-electron chi connectivity index (χ3n) is 1.69. The van der Waals surface area contributed by atoms with E-state index in [0.717, 1.165) is 5.76 Å².